The Labute approximate surface area is 283 Å². The summed E-state index contributed by atoms with van der Waals surface area (Å²) in [7, 11) is 0. The molecule has 4 rings (SSSR count). The summed E-state index contributed by atoms with van der Waals surface area (Å²) in [5.41, 5.74) is -2.00. The lowest BCUT2D eigenvalue weighted by Gasteiger charge is -2.30. The Bertz CT molecular complexity index is 1880. The van der Waals surface area contributed by atoms with Crippen molar-refractivity contribution < 1.29 is 52.0 Å². The van der Waals surface area contributed by atoms with Gasteiger partial charge in [0.25, 0.3) is 5.56 Å². The fourth-order valence-corrected chi connectivity index (χ4v) is 5.39. The first-order valence-electron chi connectivity index (χ1n) is 15.4. The van der Waals surface area contributed by atoms with Gasteiger partial charge in [0.1, 0.15) is 24.4 Å². The van der Waals surface area contributed by atoms with E-state index in [2.05, 4.69) is 15.6 Å². The van der Waals surface area contributed by atoms with Crippen LogP contribution in [0.15, 0.2) is 46.2 Å². The Balaban J connectivity index is 1.75. The number of amides is 2. The van der Waals surface area contributed by atoms with Crippen molar-refractivity contribution in [3.8, 4) is 0 Å². The van der Waals surface area contributed by atoms with E-state index in [-0.39, 0.29) is 6.42 Å². The quantitative estimate of drug-likeness (QED) is 0.163. The number of esters is 3. The molecule has 0 spiro atoms. The molecule has 2 aromatic heterocycles. The van der Waals surface area contributed by atoms with Crippen molar-refractivity contribution in [1.82, 2.24) is 25.2 Å². The number of carbonyl (C=O) groups is 5. The number of hydrogen-bond donors (Lipinski definition) is 4. The van der Waals surface area contributed by atoms with E-state index in [1.54, 1.807) is 38.0 Å². The summed E-state index contributed by atoms with van der Waals surface area (Å²) in [6.45, 7) is 7.44. The van der Waals surface area contributed by atoms with Crippen LogP contribution in [0, 0.1) is 5.82 Å². The molecule has 0 radical (unpaired) electrons. The fraction of sp³-hybridized carbons (Fsp3) is 0.469. The first-order chi connectivity index (χ1) is 23.4. The Morgan fingerprint density at radius 1 is 0.980 bits per heavy atom. The van der Waals surface area contributed by atoms with Crippen LogP contribution >= 0.6 is 0 Å². The normalized spacial score (nSPS) is 20.0. The summed E-state index contributed by atoms with van der Waals surface area (Å²) in [5, 5.41) is 5.98. The Kier molecular flexibility index (Phi) is 11.5. The van der Waals surface area contributed by atoms with E-state index in [4.69, 9.17) is 23.7 Å². The lowest BCUT2D eigenvalue weighted by Crippen LogP contribution is -2.57. The molecule has 0 bridgehead atoms. The van der Waals surface area contributed by atoms with Gasteiger partial charge in [0, 0.05) is 44.3 Å². The summed E-state index contributed by atoms with van der Waals surface area (Å²) in [4.78, 5) is 92.8. The van der Waals surface area contributed by atoms with Crippen molar-refractivity contribution in [2.45, 2.75) is 90.2 Å². The van der Waals surface area contributed by atoms with Crippen LogP contribution in [0.1, 0.15) is 53.3 Å². The van der Waals surface area contributed by atoms with E-state index < -0.39 is 95.8 Å². The minimum atomic E-state index is -1.72. The average Bonchev–Trinajstić information content (AvgIpc) is 3.56. The molecule has 6 atom stereocenters. The molecule has 0 aliphatic carbocycles. The zero-order chi connectivity index (χ0) is 36.9. The lowest BCUT2D eigenvalue weighted by atomic mass is 10.0. The molecule has 0 saturated carbocycles. The number of para-hydroxylation sites is 1. The van der Waals surface area contributed by atoms with E-state index in [1.165, 1.54) is 0 Å². The molecule has 4 N–H and O–H groups in total. The molecular weight excluding hydrogens is 665 g/mol. The second kappa shape index (κ2) is 15.4. The number of nitrogens with zero attached hydrogens (tertiary/aromatic N) is 1. The van der Waals surface area contributed by atoms with Crippen LogP contribution in [0.2, 0.25) is 0 Å². The maximum absolute atomic E-state index is 14.4. The zero-order valence-corrected chi connectivity index (χ0v) is 28.1. The van der Waals surface area contributed by atoms with Gasteiger partial charge in [-0.15, -0.1) is 0 Å². The smallest absolute Gasteiger partial charge is 0.408 e. The number of carbonyl (C=O) groups excluding carboxylic acids is 5. The van der Waals surface area contributed by atoms with Crippen molar-refractivity contribution in [2.24, 2.45) is 0 Å². The first kappa shape index (κ1) is 37.3. The van der Waals surface area contributed by atoms with Crippen LogP contribution in [0.3, 0.4) is 0 Å². The maximum Gasteiger partial charge on any atom is 0.408 e. The predicted octanol–water partition coefficient (Wildman–Crippen LogP) is 1.10. The minimum absolute atomic E-state index is 0.0565. The number of rotatable bonds is 11. The van der Waals surface area contributed by atoms with E-state index in [1.807, 2.05) is 18.2 Å². The highest BCUT2D eigenvalue weighted by Crippen LogP contribution is 2.35. The van der Waals surface area contributed by atoms with E-state index in [0.29, 0.717) is 16.3 Å². The third kappa shape index (κ3) is 9.34. The van der Waals surface area contributed by atoms with Gasteiger partial charge in [0.2, 0.25) is 11.7 Å². The van der Waals surface area contributed by atoms with Crippen molar-refractivity contribution >= 4 is 40.8 Å². The summed E-state index contributed by atoms with van der Waals surface area (Å²) in [5.74, 6) is -4.81. The zero-order valence-electron chi connectivity index (χ0n) is 28.1. The Morgan fingerprint density at radius 2 is 1.64 bits per heavy atom. The monoisotopic (exact) mass is 703 g/mol. The van der Waals surface area contributed by atoms with Crippen LogP contribution in [-0.4, -0.2) is 87.0 Å². The van der Waals surface area contributed by atoms with Crippen LogP contribution in [0.25, 0.3) is 10.9 Å². The second-order valence-electron chi connectivity index (χ2n) is 12.5. The Morgan fingerprint density at radius 3 is 2.28 bits per heavy atom. The fourth-order valence-electron chi connectivity index (χ4n) is 5.39. The second-order valence-corrected chi connectivity index (χ2v) is 12.5. The molecule has 270 valence electrons. The van der Waals surface area contributed by atoms with Gasteiger partial charge >= 0.3 is 29.7 Å². The van der Waals surface area contributed by atoms with Crippen molar-refractivity contribution in [3.63, 3.8) is 0 Å². The molecule has 1 saturated heterocycles. The molecule has 0 unspecified atom stereocenters. The highest BCUT2D eigenvalue weighted by atomic mass is 19.1. The molecule has 1 aromatic carbocycles. The number of benzene rings is 1. The molecule has 1 aliphatic heterocycles. The molecule has 17 nitrogen and oxygen atoms in total. The summed E-state index contributed by atoms with van der Waals surface area (Å²) in [6, 6.07) is 4.54. The van der Waals surface area contributed by atoms with Gasteiger partial charge in [0.15, 0.2) is 18.4 Å². The standard InChI is InChI=1S/C32H38FN5O12/c1-15(39)46-14-23(24-25(47-16(2)40)26(48-17(3)41)29(49-24)38-13-20(33)27(42)37-30(38)44)35-28(43)22(36-31(45)50-32(4,5)6)11-18-12-34-21-10-8-7-9-19(18)21/h7-10,12-13,22-26,29,34H,11,14H2,1-6H3,(H,35,43)(H,36,45)(H,37,42,44)/t22-,23-,24-,25-,26-,29-/m1/s1. The van der Waals surface area contributed by atoms with E-state index in [9.17, 15) is 38.0 Å². The predicted molar refractivity (Wildman–Crippen MR) is 170 cm³/mol. The number of H-pyrrole nitrogens is 2. The number of ether oxygens (including phenoxy) is 5. The molecule has 1 fully saturated rings. The number of fused-ring (bicyclic) bond motifs is 1. The van der Waals surface area contributed by atoms with E-state index >= 15 is 0 Å². The number of aromatic amines is 2. The largest absolute Gasteiger partial charge is 0.464 e. The number of alkyl carbamates (subject to hydrolysis) is 1. The highest BCUT2D eigenvalue weighted by molar-refractivity contribution is 5.88. The molecule has 50 heavy (non-hydrogen) atoms. The lowest BCUT2D eigenvalue weighted by molar-refractivity contribution is -0.166. The van der Waals surface area contributed by atoms with Gasteiger partial charge in [-0.3, -0.25) is 33.5 Å². The van der Waals surface area contributed by atoms with Gasteiger partial charge < -0.3 is 39.3 Å². The van der Waals surface area contributed by atoms with Crippen LogP contribution in [0.4, 0.5) is 9.18 Å². The van der Waals surface area contributed by atoms with Crippen molar-refractivity contribution in [3.05, 3.63) is 68.9 Å². The third-order valence-electron chi connectivity index (χ3n) is 7.32. The highest BCUT2D eigenvalue weighted by Gasteiger charge is 2.54. The SMILES string of the molecule is CC(=O)OC[C@@H](NC(=O)[C@@H](Cc1c[nH]c2ccccc12)NC(=O)OC(C)(C)C)[C@H]1O[C@@H](n2cc(F)c(=O)[nH]c2=O)[C@H](OC(C)=O)[C@@H]1OC(C)=O. The van der Waals surface area contributed by atoms with Crippen LogP contribution in [-0.2, 0) is 49.3 Å². The molecule has 3 aromatic rings. The molecular formula is C32H38FN5O12. The van der Waals surface area contributed by atoms with Crippen molar-refractivity contribution in [2.75, 3.05) is 6.61 Å². The number of halogens is 1. The van der Waals surface area contributed by atoms with Gasteiger partial charge in [-0.1, -0.05) is 18.2 Å². The Hall–Kier alpha value is -5.52. The summed E-state index contributed by atoms with van der Waals surface area (Å²) >= 11 is 0. The van der Waals surface area contributed by atoms with Gasteiger partial charge in [-0.25, -0.2) is 9.59 Å². The minimum Gasteiger partial charge on any atom is -0.464 e. The number of nitrogens with one attached hydrogen (secondary N) is 4. The molecule has 3 heterocycles. The topological polar surface area (TPSA) is 226 Å². The molecule has 1 aliphatic rings. The number of hydrogen-bond acceptors (Lipinski definition) is 12. The molecule has 2 amide bonds. The summed E-state index contributed by atoms with van der Waals surface area (Å²) in [6.07, 6.45) is -5.27. The van der Waals surface area contributed by atoms with Gasteiger partial charge in [0.05, 0.1) is 12.2 Å². The average molecular weight is 704 g/mol. The van der Waals surface area contributed by atoms with E-state index in [0.717, 1.165) is 31.7 Å². The van der Waals surface area contributed by atoms with Crippen LogP contribution < -0.4 is 21.9 Å². The maximum atomic E-state index is 14.4. The first-order valence-corrected chi connectivity index (χ1v) is 15.4. The molecule has 18 heteroatoms. The van der Waals surface area contributed by atoms with Crippen molar-refractivity contribution in [1.29, 1.82) is 0 Å². The third-order valence-corrected chi connectivity index (χ3v) is 7.32. The van der Waals surface area contributed by atoms with Gasteiger partial charge in [-0.05, 0) is 32.4 Å². The number of aromatic nitrogens is 3. The van der Waals surface area contributed by atoms with Crippen LogP contribution in [0.5, 0.6) is 0 Å². The van der Waals surface area contributed by atoms with Gasteiger partial charge in [-0.2, -0.15) is 4.39 Å². The summed E-state index contributed by atoms with van der Waals surface area (Å²) < 4.78 is 42.4.